The maximum atomic E-state index is 9.75. The third-order valence-electron chi connectivity index (χ3n) is 0. The van der Waals surface area contributed by atoms with Gasteiger partial charge in [0.05, 0.1) is 0 Å². The van der Waals surface area contributed by atoms with E-state index in [0.29, 0.717) is 0 Å². The molecule has 0 bridgehead atoms. The summed E-state index contributed by atoms with van der Waals surface area (Å²) in [5, 5.41) is 0. The van der Waals surface area contributed by atoms with E-state index in [4.69, 9.17) is 17.5 Å². The zero-order chi connectivity index (χ0) is 9.00. The molecule has 0 amide bonds. The first-order valence-electron chi connectivity index (χ1n) is 1.56. The first-order chi connectivity index (χ1) is 4.00. The van der Waals surface area contributed by atoms with E-state index in [1.165, 1.54) is 0 Å². The molecule has 0 aromatic carbocycles. The number of rotatable bonds is 0. The molecule has 4 nitrogen and oxygen atoms in total. The Balaban J connectivity index is -0.0000000457. The molecule has 0 saturated heterocycles. The van der Waals surface area contributed by atoms with Crippen molar-refractivity contribution in [2.45, 2.75) is 0 Å². The summed E-state index contributed by atoms with van der Waals surface area (Å²) >= 11 is 0. The minimum absolute atomic E-state index is 0. The Kier molecular flexibility index (Phi) is 16.8. The normalized spacial score (nSPS) is 9.83. The van der Waals surface area contributed by atoms with Crippen molar-refractivity contribution in [2.24, 2.45) is 0 Å². The van der Waals surface area contributed by atoms with Gasteiger partial charge in [-0.2, -0.15) is 0 Å². The van der Waals surface area contributed by atoms with Gasteiger partial charge in [0.2, 0.25) is 10.4 Å². The molecule has 0 rings (SSSR count). The van der Waals surface area contributed by atoms with Gasteiger partial charge in [-0.1, -0.05) is 0 Å². The van der Waals surface area contributed by atoms with Crippen LogP contribution in [0.4, 0.5) is 17.3 Å². The molecule has 0 aromatic rings. The van der Waals surface area contributed by atoms with Crippen molar-refractivity contribution >= 4 is 17.7 Å². The quantitative estimate of drug-likeness (QED) is 0.275. The Hall–Kier alpha value is 1.14. The molecule has 0 spiro atoms. The largest absolute Gasteiger partial charge is 1.00 e. The fourth-order valence-corrected chi connectivity index (χ4v) is 0. The molecule has 1 N–H and O–H groups in total. The topological polar surface area (TPSA) is 77.4 Å². The van der Waals surface area contributed by atoms with Crippen LogP contribution in [0.15, 0.2) is 0 Å². The van der Waals surface area contributed by atoms with E-state index in [2.05, 4.69) is 0 Å². The van der Waals surface area contributed by atoms with Gasteiger partial charge in [0.1, 0.15) is 0 Å². The Labute approximate surface area is 96.8 Å². The second-order valence-corrected chi connectivity index (χ2v) is 1.78. The molecule has 0 radical (unpaired) electrons. The van der Waals surface area contributed by atoms with Crippen LogP contribution >= 0.6 is 0 Å². The van der Waals surface area contributed by atoms with E-state index in [-0.39, 0.29) is 44.8 Å². The molecule has 0 aromatic heterocycles. The van der Waals surface area contributed by atoms with Gasteiger partial charge < -0.3 is 21.8 Å². The van der Waals surface area contributed by atoms with Gasteiger partial charge in [0.25, 0.3) is 0 Å². The summed E-state index contributed by atoms with van der Waals surface area (Å²) in [6.45, 7) is 0. The van der Waals surface area contributed by atoms with Crippen molar-refractivity contribution in [3.63, 3.8) is 0 Å². The number of hydrogen-bond acceptors (Lipinski definition) is 3. The molecule has 0 unspecified atom stereocenters. The molecular formula is HAg2BF4O4S. The molecule has 0 heterocycles. The predicted molar refractivity (Wildman–Crippen MR) is 22.5 cm³/mol. The van der Waals surface area contributed by atoms with E-state index in [1.54, 1.807) is 0 Å². The minimum atomic E-state index is -6.00. The van der Waals surface area contributed by atoms with Crippen LogP contribution in [0.5, 0.6) is 0 Å². The van der Waals surface area contributed by atoms with E-state index in [1.807, 2.05) is 0 Å². The summed E-state index contributed by atoms with van der Waals surface area (Å²) in [5.41, 5.74) is 0. The summed E-state index contributed by atoms with van der Waals surface area (Å²) in [4.78, 5) is 0. The van der Waals surface area contributed by atoms with Crippen molar-refractivity contribution < 1.29 is 79.5 Å². The van der Waals surface area contributed by atoms with Gasteiger partial charge in [0.15, 0.2) is 0 Å². The maximum absolute atomic E-state index is 9.75. The summed E-state index contributed by atoms with van der Waals surface area (Å²) in [5.74, 6) is 0. The fourth-order valence-electron chi connectivity index (χ4n) is 0. The second kappa shape index (κ2) is 8.72. The average Bonchev–Trinajstić information content (AvgIpc) is 1.12. The van der Waals surface area contributed by atoms with Crippen LogP contribution in [0.25, 0.3) is 0 Å². The second-order valence-electron chi connectivity index (χ2n) is 0.923. The van der Waals surface area contributed by atoms with E-state index >= 15 is 0 Å². The minimum Gasteiger partial charge on any atom is -0.726 e. The molecular weight excluding hydrogens is 399 g/mol. The smallest absolute Gasteiger partial charge is 0.726 e. The standard InChI is InChI=1S/2Ag.BF4.H2O4S/c;;2-1(3,4)5;1-5(2,3)4/h;;;(H2,1,2,3,4)/q2*+1;-1;/p-1. The van der Waals surface area contributed by atoms with Crippen molar-refractivity contribution in [2.75, 3.05) is 0 Å². The summed E-state index contributed by atoms with van der Waals surface area (Å²) in [6.07, 6.45) is 0. The van der Waals surface area contributed by atoms with Crippen LogP contribution in [0, 0.1) is 0 Å². The molecule has 0 atom stereocenters. The zero-order valence-corrected chi connectivity index (χ0v) is 8.55. The van der Waals surface area contributed by atoms with Gasteiger partial charge in [-0.15, -0.1) is 0 Å². The van der Waals surface area contributed by atoms with Gasteiger partial charge in [-0.05, 0) is 0 Å². The van der Waals surface area contributed by atoms with Gasteiger partial charge in [-0.25, -0.2) is 8.42 Å². The molecule has 84 valence electrons. The monoisotopic (exact) mass is 398 g/mol. The molecule has 0 fully saturated rings. The van der Waals surface area contributed by atoms with Crippen molar-refractivity contribution in [1.82, 2.24) is 0 Å². The SMILES string of the molecule is F[B-](F)(F)F.O=S(=O)([O-])O.[Ag+].[Ag+]. The van der Waals surface area contributed by atoms with Crippen LogP contribution < -0.4 is 0 Å². The van der Waals surface area contributed by atoms with Crippen molar-refractivity contribution in [3.05, 3.63) is 0 Å². The van der Waals surface area contributed by atoms with Gasteiger partial charge in [-0.3, -0.25) is 4.55 Å². The molecule has 0 saturated carbocycles. The molecule has 12 heavy (non-hydrogen) atoms. The van der Waals surface area contributed by atoms with Crippen LogP contribution in [0.3, 0.4) is 0 Å². The predicted octanol–water partition coefficient (Wildman–Crippen LogP) is 0.300. The van der Waals surface area contributed by atoms with Crippen molar-refractivity contribution in [3.8, 4) is 0 Å². The molecule has 0 aliphatic carbocycles. The Morgan fingerprint density at radius 3 is 1.08 bits per heavy atom. The van der Waals surface area contributed by atoms with Gasteiger partial charge >= 0.3 is 52.0 Å². The average molecular weight is 400 g/mol. The van der Waals surface area contributed by atoms with E-state index in [9.17, 15) is 17.3 Å². The zero-order valence-electron chi connectivity index (χ0n) is 4.77. The van der Waals surface area contributed by atoms with Crippen LogP contribution in [-0.4, -0.2) is 24.8 Å². The first kappa shape index (κ1) is 23.2. The molecule has 0 aliphatic rings. The number of hydrogen-bond donors (Lipinski definition) is 1. The molecule has 0 aliphatic heterocycles. The van der Waals surface area contributed by atoms with E-state index < -0.39 is 17.7 Å². The Morgan fingerprint density at radius 1 is 1.08 bits per heavy atom. The summed E-state index contributed by atoms with van der Waals surface area (Å²) < 4.78 is 71.8. The third kappa shape index (κ3) is 887. The molecule has 12 heteroatoms. The van der Waals surface area contributed by atoms with Crippen LogP contribution in [0.1, 0.15) is 0 Å². The number of halogens is 4. The fraction of sp³-hybridized carbons (Fsp3) is 0. The van der Waals surface area contributed by atoms with Crippen molar-refractivity contribution in [1.29, 1.82) is 0 Å². The first-order valence-corrected chi connectivity index (χ1v) is 2.92. The maximum Gasteiger partial charge on any atom is 1.00 e. The Morgan fingerprint density at radius 2 is 1.08 bits per heavy atom. The van der Waals surface area contributed by atoms with Crippen LogP contribution in [-0.2, 0) is 55.2 Å². The van der Waals surface area contributed by atoms with Gasteiger partial charge in [0, 0.05) is 0 Å². The third-order valence-corrected chi connectivity index (χ3v) is 0. The summed E-state index contributed by atoms with van der Waals surface area (Å²) in [7, 11) is -10.9. The van der Waals surface area contributed by atoms with E-state index in [0.717, 1.165) is 0 Å². The summed E-state index contributed by atoms with van der Waals surface area (Å²) in [6, 6.07) is 0. The van der Waals surface area contributed by atoms with Crippen LogP contribution in [0.2, 0.25) is 0 Å². The Bertz CT molecular complexity index is 160.